The number of alkyl halides is 2. The van der Waals surface area contributed by atoms with Gasteiger partial charge in [-0.15, -0.1) is 0 Å². The van der Waals surface area contributed by atoms with E-state index in [1.807, 2.05) is 6.92 Å². The first-order valence-corrected chi connectivity index (χ1v) is 6.92. The Bertz CT molecular complexity index is 401. The highest BCUT2D eigenvalue weighted by molar-refractivity contribution is 7.99. The Kier molecular flexibility index (Phi) is 7.04. The monoisotopic (exact) mass is 306 g/mol. The van der Waals surface area contributed by atoms with Gasteiger partial charge in [0.15, 0.2) is 5.11 Å². The van der Waals surface area contributed by atoms with Gasteiger partial charge in [0, 0.05) is 24.2 Å². The van der Waals surface area contributed by atoms with Gasteiger partial charge in [0.05, 0.1) is 6.10 Å². The molecule has 0 aliphatic heterocycles. The maximum Gasteiger partial charge on any atom is 0.288 e. The van der Waals surface area contributed by atoms with Crippen molar-refractivity contribution in [3.05, 3.63) is 24.3 Å². The Labute approximate surface area is 121 Å². The number of methoxy groups -OCH3 is 1. The van der Waals surface area contributed by atoms with Crippen molar-refractivity contribution in [3.8, 4) is 0 Å². The number of thiocarbonyl (C=S) groups is 1. The Balaban J connectivity index is 2.42. The molecular formula is C12H16F2N2OS2. The van der Waals surface area contributed by atoms with Crippen LogP contribution < -0.4 is 10.6 Å². The number of nitrogens with one attached hydrogen (secondary N) is 2. The van der Waals surface area contributed by atoms with E-state index in [2.05, 4.69) is 10.6 Å². The fourth-order valence-electron chi connectivity index (χ4n) is 1.21. The molecule has 0 saturated heterocycles. The Hall–Kier alpha value is -0.920. The van der Waals surface area contributed by atoms with Crippen molar-refractivity contribution >= 4 is 34.8 Å². The molecule has 0 amide bonds. The maximum atomic E-state index is 12.1. The lowest BCUT2D eigenvalue weighted by Crippen LogP contribution is -2.34. The molecule has 0 saturated carbocycles. The molecule has 1 aromatic carbocycles. The molecule has 0 fully saturated rings. The van der Waals surface area contributed by atoms with Crippen LogP contribution in [0.15, 0.2) is 29.2 Å². The largest absolute Gasteiger partial charge is 0.380 e. The van der Waals surface area contributed by atoms with Gasteiger partial charge in [0.2, 0.25) is 0 Å². The second-order valence-electron chi connectivity index (χ2n) is 3.78. The van der Waals surface area contributed by atoms with Crippen molar-refractivity contribution in [3.63, 3.8) is 0 Å². The predicted octanol–water partition coefficient (Wildman–Crippen LogP) is 3.32. The average Bonchev–Trinajstić information content (AvgIpc) is 2.37. The summed E-state index contributed by atoms with van der Waals surface area (Å²) in [4.78, 5) is 0.521. The highest BCUT2D eigenvalue weighted by Gasteiger charge is 2.05. The van der Waals surface area contributed by atoms with E-state index in [0.29, 0.717) is 28.3 Å². The number of halogens is 2. The minimum atomic E-state index is -2.41. The quantitative estimate of drug-likeness (QED) is 0.622. The van der Waals surface area contributed by atoms with Gasteiger partial charge in [-0.2, -0.15) is 8.78 Å². The Morgan fingerprint density at radius 2 is 2.00 bits per heavy atom. The number of rotatable bonds is 6. The number of thioether (sulfide) groups is 1. The molecule has 0 radical (unpaired) electrons. The predicted molar refractivity (Wildman–Crippen MR) is 79.0 cm³/mol. The molecule has 0 bridgehead atoms. The van der Waals surface area contributed by atoms with Crippen LogP contribution in [0.4, 0.5) is 14.5 Å². The molecule has 0 spiro atoms. The van der Waals surface area contributed by atoms with Crippen molar-refractivity contribution in [2.75, 3.05) is 19.0 Å². The van der Waals surface area contributed by atoms with Gasteiger partial charge in [0.25, 0.3) is 5.76 Å². The first kappa shape index (κ1) is 16.1. The molecule has 0 aromatic heterocycles. The van der Waals surface area contributed by atoms with Crippen molar-refractivity contribution in [1.82, 2.24) is 5.32 Å². The highest BCUT2D eigenvalue weighted by atomic mass is 32.2. The summed E-state index contributed by atoms with van der Waals surface area (Å²) >= 11 is 5.62. The Morgan fingerprint density at radius 1 is 1.37 bits per heavy atom. The van der Waals surface area contributed by atoms with Gasteiger partial charge in [-0.25, -0.2) is 0 Å². The summed E-state index contributed by atoms with van der Waals surface area (Å²) in [7, 11) is 1.63. The molecule has 0 heterocycles. The lowest BCUT2D eigenvalue weighted by molar-refractivity contribution is 0.121. The van der Waals surface area contributed by atoms with Crippen LogP contribution in [-0.4, -0.2) is 30.6 Å². The van der Waals surface area contributed by atoms with Gasteiger partial charge in [-0.05, 0) is 43.4 Å². The van der Waals surface area contributed by atoms with Crippen LogP contribution in [0.25, 0.3) is 0 Å². The van der Waals surface area contributed by atoms with Crippen molar-refractivity contribution in [2.45, 2.75) is 23.7 Å². The van der Waals surface area contributed by atoms with E-state index in [-0.39, 0.29) is 6.10 Å². The van der Waals surface area contributed by atoms with Crippen LogP contribution in [0.3, 0.4) is 0 Å². The molecular weight excluding hydrogens is 290 g/mol. The number of benzene rings is 1. The smallest absolute Gasteiger partial charge is 0.288 e. The molecule has 3 nitrogen and oxygen atoms in total. The van der Waals surface area contributed by atoms with Gasteiger partial charge < -0.3 is 15.4 Å². The van der Waals surface area contributed by atoms with Crippen LogP contribution in [0, 0.1) is 0 Å². The number of ether oxygens (including phenoxy) is 1. The van der Waals surface area contributed by atoms with Gasteiger partial charge in [-0.1, -0.05) is 11.8 Å². The molecule has 7 heteroatoms. The van der Waals surface area contributed by atoms with Crippen molar-refractivity contribution in [2.24, 2.45) is 0 Å². The summed E-state index contributed by atoms with van der Waals surface area (Å²) in [6.45, 7) is 2.52. The molecule has 0 aliphatic rings. The molecule has 106 valence electrons. The second kappa shape index (κ2) is 8.29. The summed E-state index contributed by atoms with van der Waals surface area (Å²) in [6.07, 6.45) is 0.0598. The summed E-state index contributed by atoms with van der Waals surface area (Å²) in [5.74, 6) is -2.41. The zero-order valence-electron chi connectivity index (χ0n) is 10.7. The first-order chi connectivity index (χ1) is 9.01. The van der Waals surface area contributed by atoms with Crippen LogP contribution in [0.5, 0.6) is 0 Å². The molecule has 19 heavy (non-hydrogen) atoms. The SMILES string of the molecule is COC(C)CNC(=S)Nc1ccc(SC(F)F)cc1. The van der Waals surface area contributed by atoms with E-state index in [9.17, 15) is 8.78 Å². The fourth-order valence-corrected chi connectivity index (χ4v) is 1.91. The molecule has 2 N–H and O–H groups in total. The fraction of sp³-hybridized carbons (Fsp3) is 0.417. The third-order valence-electron chi connectivity index (χ3n) is 2.29. The topological polar surface area (TPSA) is 33.3 Å². The van der Waals surface area contributed by atoms with Gasteiger partial charge in [-0.3, -0.25) is 0 Å². The van der Waals surface area contributed by atoms with Crippen LogP contribution in [0.2, 0.25) is 0 Å². The normalized spacial score (nSPS) is 12.3. The molecule has 1 atom stereocenters. The summed E-state index contributed by atoms with van der Waals surface area (Å²) < 4.78 is 29.4. The molecule has 1 aromatic rings. The van der Waals surface area contributed by atoms with Crippen molar-refractivity contribution < 1.29 is 13.5 Å². The van der Waals surface area contributed by atoms with Crippen LogP contribution >= 0.6 is 24.0 Å². The van der Waals surface area contributed by atoms with E-state index in [1.165, 1.54) is 0 Å². The number of anilines is 1. The minimum Gasteiger partial charge on any atom is -0.380 e. The first-order valence-electron chi connectivity index (χ1n) is 5.63. The highest BCUT2D eigenvalue weighted by Crippen LogP contribution is 2.26. The van der Waals surface area contributed by atoms with E-state index in [1.54, 1.807) is 31.4 Å². The number of hydrogen-bond donors (Lipinski definition) is 2. The molecule has 1 unspecified atom stereocenters. The summed E-state index contributed by atoms with van der Waals surface area (Å²) in [5.41, 5.74) is 0.751. The van der Waals surface area contributed by atoms with E-state index < -0.39 is 5.76 Å². The standard InChI is InChI=1S/C12H16F2N2OS2/c1-8(17-2)7-15-12(18)16-9-3-5-10(6-4-9)19-11(13)14/h3-6,8,11H,7H2,1-2H3,(H2,15,16,18). The van der Waals surface area contributed by atoms with Gasteiger partial charge in [0.1, 0.15) is 0 Å². The van der Waals surface area contributed by atoms with E-state index >= 15 is 0 Å². The molecule has 0 aliphatic carbocycles. The van der Waals surface area contributed by atoms with Crippen molar-refractivity contribution in [1.29, 1.82) is 0 Å². The minimum absolute atomic E-state index is 0.0598. The lowest BCUT2D eigenvalue weighted by atomic mass is 10.3. The van der Waals surface area contributed by atoms with Crippen LogP contribution in [-0.2, 0) is 4.74 Å². The average molecular weight is 306 g/mol. The van der Waals surface area contributed by atoms with E-state index in [4.69, 9.17) is 17.0 Å². The summed E-state index contributed by atoms with van der Waals surface area (Å²) in [5, 5.41) is 6.44. The third-order valence-corrected chi connectivity index (χ3v) is 3.26. The van der Waals surface area contributed by atoms with E-state index in [0.717, 1.165) is 5.69 Å². The summed E-state index contributed by atoms with van der Waals surface area (Å²) in [6, 6.07) is 6.66. The second-order valence-corrected chi connectivity index (χ2v) is 5.26. The number of hydrogen-bond acceptors (Lipinski definition) is 3. The molecule has 1 rings (SSSR count). The Morgan fingerprint density at radius 3 is 2.53 bits per heavy atom. The zero-order chi connectivity index (χ0) is 14.3. The zero-order valence-corrected chi connectivity index (χ0v) is 12.3. The van der Waals surface area contributed by atoms with Gasteiger partial charge >= 0.3 is 0 Å². The maximum absolute atomic E-state index is 12.1. The third kappa shape index (κ3) is 6.70. The van der Waals surface area contributed by atoms with Crippen LogP contribution in [0.1, 0.15) is 6.92 Å². The lowest BCUT2D eigenvalue weighted by Gasteiger charge is -2.14.